The van der Waals surface area contributed by atoms with Gasteiger partial charge < -0.3 is 9.80 Å². The van der Waals surface area contributed by atoms with Crippen LogP contribution in [0.25, 0.3) is 0 Å². The zero-order valence-electron chi connectivity index (χ0n) is 17.5. The van der Waals surface area contributed by atoms with Gasteiger partial charge in [-0.25, -0.2) is 8.42 Å². The van der Waals surface area contributed by atoms with Crippen LogP contribution in [0.3, 0.4) is 0 Å². The van der Waals surface area contributed by atoms with Gasteiger partial charge in [0.2, 0.25) is 15.9 Å². The van der Waals surface area contributed by atoms with E-state index >= 15 is 0 Å². The summed E-state index contributed by atoms with van der Waals surface area (Å²) in [6, 6.07) is 3.96. The average molecular weight is 427 g/mol. The lowest BCUT2D eigenvalue weighted by Crippen LogP contribution is -2.39. The summed E-state index contributed by atoms with van der Waals surface area (Å²) in [4.78, 5) is 26.3. The van der Waals surface area contributed by atoms with E-state index in [4.69, 9.17) is 0 Å². The summed E-state index contributed by atoms with van der Waals surface area (Å²) < 4.78 is 27.4. The van der Waals surface area contributed by atoms with E-state index in [1.165, 1.54) is 21.3 Å². The molecule has 0 radical (unpaired) electrons. The van der Waals surface area contributed by atoms with Gasteiger partial charge in [0.15, 0.2) is 0 Å². The van der Waals surface area contributed by atoms with Crippen molar-refractivity contribution in [3.63, 3.8) is 0 Å². The first-order valence-corrected chi connectivity index (χ1v) is 11.3. The van der Waals surface area contributed by atoms with Crippen LogP contribution in [0.15, 0.2) is 23.1 Å². The number of amides is 1. The molecule has 1 aromatic rings. The van der Waals surface area contributed by atoms with Crippen LogP contribution in [0.1, 0.15) is 33.1 Å². The predicted molar refractivity (Wildman–Crippen MR) is 111 cm³/mol. The maximum atomic E-state index is 13.0. The molecule has 1 saturated heterocycles. The number of hydrogen-bond donors (Lipinski definition) is 0. The monoisotopic (exact) mass is 426 g/mol. The standard InChI is InChI=1S/C19H30N4O5S/c1-5-10-21(14-19(24)20(3)4)17-9-8-16(12-18(17)23(25)26)29(27,28)22-11-6-7-15(2)13-22/h8-9,12,15H,5-7,10-11,13-14H2,1-4H3. The van der Waals surface area contributed by atoms with Crippen molar-refractivity contribution in [3.05, 3.63) is 28.3 Å². The van der Waals surface area contributed by atoms with E-state index in [1.807, 2.05) is 13.8 Å². The van der Waals surface area contributed by atoms with E-state index in [2.05, 4.69) is 0 Å². The largest absolute Gasteiger partial charge is 0.357 e. The maximum Gasteiger partial charge on any atom is 0.293 e. The van der Waals surface area contributed by atoms with E-state index in [0.29, 0.717) is 26.1 Å². The van der Waals surface area contributed by atoms with Gasteiger partial charge in [0.1, 0.15) is 5.69 Å². The molecule has 9 nitrogen and oxygen atoms in total. The van der Waals surface area contributed by atoms with Crippen molar-refractivity contribution in [1.29, 1.82) is 0 Å². The second-order valence-electron chi connectivity index (χ2n) is 7.73. The minimum absolute atomic E-state index is 0.0165. The van der Waals surface area contributed by atoms with E-state index < -0.39 is 14.9 Å². The van der Waals surface area contributed by atoms with Gasteiger partial charge in [0, 0.05) is 39.8 Å². The van der Waals surface area contributed by atoms with E-state index in [9.17, 15) is 23.3 Å². The summed E-state index contributed by atoms with van der Waals surface area (Å²) in [5.74, 6) is 0.0663. The summed E-state index contributed by atoms with van der Waals surface area (Å²) in [6.45, 7) is 5.17. The smallest absolute Gasteiger partial charge is 0.293 e. The van der Waals surface area contributed by atoms with Gasteiger partial charge in [-0.2, -0.15) is 4.31 Å². The number of hydrogen-bond acceptors (Lipinski definition) is 6. The van der Waals surface area contributed by atoms with Gasteiger partial charge >= 0.3 is 0 Å². The van der Waals surface area contributed by atoms with Crippen LogP contribution in [-0.4, -0.2) is 68.7 Å². The minimum atomic E-state index is -3.81. The predicted octanol–water partition coefficient (Wildman–Crippen LogP) is 2.32. The molecule has 0 aliphatic carbocycles. The topological polar surface area (TPSA) is 104 Å². The number of carbonyl (C=O) groups excluding carboxylic acids is 1. The number of nitro groups is 1. The Morgan fingerprint density at radius 3 is 2.59 bits per heavy atom. The molecule has 1 amide bonds. The Kier molecular flexibility index (Phi) is 7.59. The maximum absolute atomic E-state index is 13.0. The van der Waals surface area contributed by atoms with Crippen molar-refractivity contribution < 1.29 is 18.1 Å². The summed E-state index contributed by atoms with van der Waals surface area (Å²) in [5.41, 5.74) is -0.0610. The molecule has 0 saturated carbocycles. The van der Waals surface area contributed by atoms with Crippen LogP contribution >= 0.6 is 0 Å². The van der Waals surface area contributed by atoms with Crippen LogP contribution in [0.5, 0.6) is 0 Å². The molecule has 1 fully saturated rings. The first-order valence-electron chi connectivity index (χ1n) is 9.81. The Hall–Kier alpha value is -2.20. The fourth-order valence-corrected chi connectivity index (χ4v) is 5.07. The summed E-state index contributed by atoms with van der Waals surface area (Å²) in [6.07, 6.45) is 2.43. The lowest BCUT2D eigenvalue weighted by Gasteiger charge is -2.30. The molecule has 1 aliphatic heterocycles. The van der Waals surface area contributed by atoms with Crippen LogP contribution in [0.4, 0.5) is 11.4 Å². The fourth-order valence-electron chi connectivity index (χ4n) is 3.45. The highest BCUT2D eigenvalue weighted by Gasteiger charge is 2.31. The third kappa shape index (κ3) is 5.45. The molecule has 1 atom stereocenters. The highest BCUT2D eigenvalue weighted by Crippen LogP contribution is 2.33. The number of rotatable bonds is 8. The molecule has 0 bridgehead atoms. The number of sulfonamides is 1. The normalized spacial score (nSPS) is 17.7. The minimum Gasteiger partial charge on any atom is -0.357 e. The lowest BCUT2D eigenvalue weighted by molar-refractivity contribution is -0.384. The SMILES string of the molecule is CCCN(CC(=O)N(C)C)c1ccc(S(=O)(=O)N2CCCC(C)C2)cc1[N+](=O)[O-]. The molecular weight excluding hydrogens is 396 g/mol. The molecule has 0 spiro atoms. The molecular formula is C19H30N4O5S. The van der Waals surface area contributed by atoms with Gasteiger partial charge in [-0.05, 0) is 37.3 Å². The van der Waals surface area contributed by atoms with Crippen molar-refractivity contribution in [2.75, 3.05) is 45.2 Å². The van der Waals surface area contributed by atoms with Gasteiger partial charge in [-0.3, -0.25) is 14.9 Å². The second-order valence-corrected chi connectivity index (χ2v) is 9.67. The summed E-state index contributed by atoms with van der Waals surface area (Å²) in [7, 11) is -0.565. The molecule has 0 N–H and O–H groups in total. The first kappa shape index (κ1) is 23.1. The van der Waals surface area contributed by atoms with Crippen molar-refractivity contribution in [2.24, 2.45) is 5.92 Å². The van der Waals surface area contributed by atoms with Crippen molar-refractivity contribution in [1.82, 2.24) is 9.21 Å². The number of nitrogens with zero attached hydrogens (tertiary/aromatic N) is 4. The fraction of sp³-hybridized carbons (Fsp3) is 0.632. The molecule has 2 rings (SSSR count). The lowest BCUT2D eigenvalue weighted by atomic mass is 10.0. The van der Waals surface area contributed by atoms with Crippen LogP contribution in [-0.2, 0) is 14.8 Å². The van der Waals surface area contributed by atoms with Gasteiger partial charge in [-0.1, -0.05) is 13.8 Å². The van der Waals surface area contributed by atoms with E-state index in [-0.39, 0.29) is 34.6 Å². The zero-order valence-corrected chi connectivity index (χ0v) is 18.3. The molecule has 1 unspecified atom stereocenters. The molecule has 162 valence electrons. The highest BCUT2D eigenvalue weighted by atomic mass is 32.2. The Labute approximate surface area is 172 Å². The van der Waals surface area contributed by atoms with Crippen molar-refractivity contribution in [2.45, 2.75) is 38.0 Å². The Bertz CT molecular complexity index is 856. The van der Waals surface area contributed by atoms with Gasteiger partial charge in [0.05, 0.1) is 16.4 Å². The van der Waals surface area contributed by atoms with E-state index in [1.54, 1.807) is 19.0 Å². The van der Waals surface area contributed by atoms with E-state index in [0.717, 1.165) is 18.9 Å². The third-order valence-electron chi connectivity index (χ3n) is 5.06. The van der Waals surface area contributed by atoms with Crippen LogP contribution in [0.2, 0.25) is 0 Å². The first-order chi connectivity index (χ1) is 13.6. The number of carbonyl (C=O) groups is 1. The zero-order chi connectivity index (χ0) is 21.8. The molecule has 0 aromatic heterocycles. The quantitative estimate of drug-likeness (QED) is 0.467. The second kappa shape index (κ2) is 9.53. The number of piperidine rings is 1. The molecule has 10 heteroatoms. The Morgan fingerprint density at radius 2 is 2.03 bits per heavy atom. The average Bonchev–Trinajstić information content (AvgIpc) is 2.66. The van der Waals surface area contributed by atoms with Crippen LogP contribution in [0, 0.1) is 16.0 Å². The van der Waals surface area contributed by atoms with Crippen molar-refractivity contribution in [3.8, 4) is 0 Å². The Morgan fingerprint density at radius 1 is 1.34 bits per heavy atom. The molecule has 1 aliphatic rings. The number of anilines is 1. The number of benzene rings is 1. The molecule has 1 heterocycles. The number of likely N-dealkylation sites (N-methyl/N-ethyl adjacent to an activating group) is 1. The van der Waals surface area contributed by atoms with Crippen LogP contribution < -0.4 is 4.90 Å². The Balaban J connectivity index is 2.43. The molecule has 1 aromatic carbocycles. The number of nitro benzene ring substituents is 1. The van der Waals surface area contributed by atoms with Gasteiger partial charge in [-0.15, -0.1) is 0 Å². The third-order valence-corrected chi connectivity index (χ3v) is 6.92. The van der Waals surface area contributed by atoms with Gasteiger partial charge in [0.25, 0.3) is 5.69 Å². The summed E-state index contributed by atoms with van der Waals surface area (Å²) >= 11 is 0. The molecule has 29 heavy (non-hydrogen) atoms. The van der Waals surface area contributed by atoms with Crippen molar-refractivity contribution >= 4 is 27.3 Å². The highest BCUT2D eigenvalue weighted by molar-refractivity contribution is 7.89. The summed E-state index contributed by atoms with van der Waals surface area (Å²) in [5, 5.41) is 11.7.